The third-order valence-electron chi connectivity index (χ3n) is 5.67. The third kappa shape index (κ3) is 4.98. The molecule has 2 aliphatic rings. The van der Waals surface area contributed by atoms with Gasteiger partial charge in [0, 0.05) is 32.6 Å². The number of hydrogen-bond acceptors (Lipinski definition) is 5. The third-order valence-corrected chi connectivity index (χ3v) is 5.67. The first-order valence-corrected chi connectivity index (χ1v) is 10.2. The number of halogens is 1. The number of nitrogens with one attached hydrogen (secondary N) is 1. The summed E-state index contributed by atoms with van der Waals surface area (Å²) in [7, 11) is 1.66. The molecular weight excluding hydrogens is 387 g/mol. The first-order valence-electron chi connectivity index (χ1n) is 10.2. The van der Waals surface area contributed by atoms with Crippen LogP contribution in [0, 0.1) is 5.82 Å². The summed E-state index contributed by atoms with van der Waals surface area (Å²) in [6.45, 7) is 3.74. The number of hydrogen-bond donors (Lipinski definition) is 1. The molecule has 160 valence electrons. The number of ether oxygens (including phenoxy) is 3. The Morgan fingerprint density at radius 3 is 2.67 bits per heavy atom. The average molecular weight is 414 g/mol. The van der Waals surface area contributed by atoms with Crippen molar-refractivity contribution in [1.82, 2.24) is 10.2 Å². The lowest BCUT2D eigenvalue weighted by molar-refractivity contribution is -0.130. The van der Waals surface area contributed by atoms with Crippen molar-refractivity contribution in [3.63, 3.8) is 0 Å². The van der Waals surface area contributed by atoms with Crippen molar-refractivity contribution in [3.05, 3.63) is 65.5 Å². The molecule has 0 aliphatic carbocycles. The van der Waals surface area contributed by atoms with Crippen molar-refractivity contribution in [2.24, 2.45) is 0 Å². The molecule has 2 fully saturated rings. The van der Waals surface area contributed by atoms with Crippen LogP contribution in [0.2, 0.25) is 0 Å². The highest BCUT2D eigenvalue weighted by atomic mass is 19.1. The summed E-state index contributed by atoms with van der Waals surface area (Å²) in [6.07, 6.45) is -0.00662. The number of morpholine rings is 1. The van der Waals surface area contributed by atoms with Crippen LogP contribution >= 0.6 is 0 Å². The topological polar surface area (TPSA) is 60.0 Å². The summed E-state index contributed by atoms with van der Waals surface area (Å²) in [4.78, 5) is 14.9. The quantitative estimate of drug-likeness (QED) is 0.787. The number of benzene rings is 2. The van der Waals surface area contributed by atoms with E-state index in [0.29, 0.717) is 26.2 Å². The molecule has 2 aliphatic heterocycles. The molecule has 7 heteroatoms. The molecule has 2 aromatic carbocycles. The van der Waals surface area contributed by atoms with Gasteiger partial charge in [-0.1, -0.05) is 24.3 Å². The van der Waals surface area contributed by atoms with Gasteiger partial charge < -0.3 is 19.5 Å². The first-order chi connectivity index (χ1) is 14.5. The zero-order chi connectivity index (χ0) is 21.0. The highest BCUT2D eigenvalue weighted by molar-refractivity contribution is 5.81. The molecule has 2 saturated heterocycles. The van der Waals surface area contributed by atoms with Crippen LogP contribution < -0.4 is 10.1 Å². The Labute approximate surface area is 175 Å². The molecule has 1 amide bonds. The van der Waals surface area contributed by atoms with E-state index < -0.39 is 11.7 Å². The number of carbonyl (C=O) groups excluding carboxylic acids is 1. The second kappa shape index (κ2) is 9.12. The van der Waals surface area contributed by atoms with Crippen molar-refractivity contribution in [2.45, 2.75) is 31.2 Å². The fraction of sp³-hybridized carbons (Fsp3) is 0.435. The van der Waals surface area contributed by atoms with Crippen LogP contribution in [0.25, 0.3) is 0 Å². The number of amides is 1. The van der Waals surface area contributed by atoms with E-state index in [1.54, 1.807) is 19.2 Å². The lowest BCUT2D eigenvalue weighted by Crippen LogP contribution is -2.52. The molecule has 2 heterocycles. The van der Waals surface area contributed by atoms with Crippen LogP contribution in [0.5, 0.6) is 5.75 Å². The standard InChI is InChI=1S/C23H27FN2O4/c1-28-20-8-4-18(5-9-20)14-26-10-11-30-23(15-26)12-21(29-16-23)22(27)25-13-17-2-6-19(24)7-3-17/h2-9,21H,10-16H2,1H3,(H,25,27). The van der Waals surface area contributed by atoms with Crippen molar-refractivity contribution in [1.29, 1.82) is 0 Å². The van der Waals surface area contributed by atoms with Crippen LogP contribution in [-0.2, 0) is 27.4 Å². The van der Waals surface area contributed by atoms with Crippen molar-refractivity contribution in [3.8, 4) is 5.75 Å². The minimum atomic E-state index is -0.536. The zero-order valence-corrected chi connectivity index (χ0v) is 17.1. The Hall–Kier alpha value is -2.48. The van der Waals surface area contributed by atoms with Gasteiger partial charge in [-0.3, -0.25) is 9.69 Å². The Morgan fingerprint density at radius 2 is 1.93 bits per heavy atom. The molecule has 0 radical (unpaired) electrons. The van der Waals surface area contributed by atoms with Gasteiger partial charge in [-0.25, -0.2) is 4.39 Å². The van der Waals surface area contributed by atoms with Gasteiger partial charge in [0.15, 0.2) is 0 Å². The number of carbonyl (C=O) groups is 1. The average Bonchev–Trinajstić information content (AvgIpc) is 3.17. The summed E-state index contributed by atoms with van der Waals surface area (Å²) in [5, 5.41) is 2.88. The van der Waals surface area contributed by atoms with E-state index in [2.05, 4.69) is 22.3 Å². The predicted molar refractivity (Wildman–Crippen MR) is 110 cm³/mol. The summed E-state index contributed by atoms with van der Waals surface area (Å²) in [6, 6.07) is 14.2. The molecule has 1 spiro atoms. The van der Waals surface area contributed by atoms with Crippen LogP contribution in [0.4, 0.5) is 4.39 Å². The minimum absolute atomic E-state index is 0.160. The van der Waals surface area contributed by atoms with E-state index in [1.807, 2.05) is 12.1 Å². The van der Waals surface area contributed by atoms with Gasteiger partial charge in [-0.2, -0.15) is 0 Å². The van der Waals surface area contributed by atoms with E-state index in [4.69, 9.17) is 14.2 Å². The molecule has 4 rings (SSSR count). The van der Waals surface area contributed by atoms with Gasteiger partial charge in [0.25, 0.3) is 0 Å². The fourth-order valence-electron chi connectivity index (χ4n) is 4.04. The predicted octanol–water partition coefficient (Wildman–Crippen LogP) is 2.51. The van der Waals surface area contributed by atoms with E-state index in [9.17, 15) is 9.18 Å². The summed E-state index contributed by atoms with van der Waals surface area (Å²) < 4.78 is 30.1. The van der Waals surface area contributed by atoms with E-state index in [1.165, 1.54) is 17.7 Å². The maximum absolute atomic E-state index is 13.0. The Kier molecular flexibility index (Phi) is 6.32. The van der Waals surface area contributed by atoms with E-state index >= 15 is 0 Å². The number of methoxy groups -OCH3 is 1. The Morgan fingerprint density at radius 1 is 1.20 bits per heavy atom. The highest BCUT2D eigenvalue weighted by Crippen LogP contribution is 2.32. The minimum Gasteiger partial charge on any atom is -0.497 e. The highest BCUT2D eigenvalue weighted by Gasteiger charge is 2.46. The molecule has 30 heavy (non-hydrogen) atoms. The van der Waals surface area contributed by atoms with Gasteiger partial charge in [-0.15, -0.1) is 0 Å². The van der Waals surface area contributed by atoms with Gasteiger partial charge >= 0.3 is 0 Å². The molecule has 0 aromatic heterocycles. The van der Waals surface area contributed by atoms with E-state index in [0.717, 1.165) is 30.9 Å². The summed E-state index contributed by atoms with van der Waals surface area (Å²) >= 11 is 0. The Bertz CT molecular complexity index is 859. The molecule has 2 unspecified atom stereocenters. The lowest BCUT2D eigenvalue weighted by atomic mass is 9.97. The van der Waals surface area contributed by atoms with Crippen molar-refractivity contribution >= 4 is 5.91 Å². The zero-order valence-electron chi connectivity index (χ0n) is 17.1. The summed E-state index contributed by atoms with van der Waals surface area (Å²) in [5.41, 5.74) is 1.60. The lowest BCUT2D eigenvalue weighted by Gasteiger charge is -2.39. The first kappa shape index (κ1) is 20.8. The van der Waals surface area contributed by atoms with E-state index in [-0.39, 0.29) is 11.7 Å². The van der Waals surface area contributed by atoms with Crippen LogP contribution in [0.1, 0.15) is 17.5 Å². The Balaban J connectivity index is 1.30. The van der Waals surface area contributed by atoms with Crippen molar-refractivity contribution < 1.29 is 23.4 Å². The van der Waals surface area contributed by atoms with Gasteiger partial charge in [0.05, 0.1) is 20.3 Å². The molecule has 2 aromatic rings. The van der Waals surface area contributed by atoms with Crippen molar-refractivity contribution in [2.75, 3.05) is 33.4 Å². The molecule has 0 bridgehead atoms. The molecule has 6 nitrogen and oxygen atoms in total. The second-order valence-corrected chi connectivity index (χ2v) is 7.94. The SMILES string of the molecule is COc1ccc(CN2CCOC3(COC(C(=O)NCc4ccc(F)cc4)C3)C2)cc1. The van der Waals surface area contributed by atoms with Crippen LogP contribution in [0.3, 0.4) is 0 Å². The number of rotatable bonds is 6. The maximum atomic E-state index is 13.0. The van der Waals surface area contributed by atoms with Gasteiger partial charge in [-0.05, 0) is 35.4 Å². The molecule has 1 N–H and O–H groups in total. The van der Waals surface area contributed by atoms with Gasteiger partial charge in [0.2, 0.25) is 5.91 Å². The van der Waals surface area contributed by atoms with Crippen LogP contribution in [0.15, 0.2) is 48.5 Å². The normalized spacial score (nSPS) is 24.1. The van der Waals surface area contributed by atoms with Crippen LogP contribution in [-0.4, -0.2) is 55.9 Å². The second-order valence-electron chi connectivity index (χ2n) is 7.94. The number of nitrogens with zero attached hydrogens (tertiary/aromatic N) is 1. The molecule has 2 atom stereocenters. The fourth-order valence-corrected chi connectivity index (χ4v) is 4.04. The smallest absolute Gasteiger partial charge is 0.249 e. The summed E-state index contributed by atoms with van der Waals surface area (Å²) in [5.74, 6) is 0.391. The largest absolute Gasteiger partial charge is 0.497 e. The maximum Gasteiger partial charge on any atom is 0.249 e. The van der Waals surface area contributed by atoms with Gasteiger partial charge in [0.1, 0.15) is 23.3 Å². The molecular formula is C23H27FN2O4. The molecule has 0 saturated carbocycles. The monoisotopic (exact) mass is 414 g/mol.